The first-order valence-corrected chi connectivity index (χ1v) is 8.33. The van der Waals surface area contributed by atoms with Crippen LogP contribution in [-0.4, -0.2) is 60.6 Å². The van der Waals surface area contributed by atoms with E-state index >= 15 is 0 Å². The standard InChI is InChI=1S/C18H27N3O2/c1-5-20-9-11-21(12-10-20)18(23-14(2)3)19-17(22)16-8-6-7-15(4)13-16/h6-8,13-14H,5,9-12H2,1-4H3. The van der Waals surface area contributed by atoms with Crippen LogP contribution in [0.15, 0.2) is 29.3 Å². The van der Waals surface area contributed by atoms with Gasteiger partial charge in [0.1, 0.15) is 0 Å². The lowest BCUT2D eigenvalue weighted by Gasteiger charge is -2.35. The van der Waals surface area contributed by atoms with Gasteiger partial charge in [-0.05, 0) is 39.4 Å². The molecule has 0 bridgehead atoms. The maximum Gasteiger partial charge on any atom is 0.295 e. The van der Waals surface area contributed by atoms with Gasteiger partial charge in [-0.15, -0.1) is 0 Å². The second-order valence-corrected chi connectivity index (χ2v) is 6.16. The molecule has 1 aliphatic rings. The number of nitrogens with zero attached hydrogens (tertiary/aromatic N) is 3. The largest absolute Gasteiger partial charge is 0.462 e. The molecule has 23 heavy (non-hydrogen) atoms. The number of piperazine rings is 1. The lowest BCUT2D eigenvalue weighted by atomic mass is 10.1. The molecule has 126 valence electrons. The molecule has 0 atom stereocenters. The van der Waals surface area contributed by atoms with Crippen LogP contribution in [-0.2, 0) is 4.74 Å². The number of amidine groups is 1. The summed E-state index contributed by atoms with van der Waals surface area (Å²) in [6.07, 6.45) is -0.0109. The minimum Gasteiger partial charge on any atom is -0.462 e. The molecule has 1 aliphatic heterocycles. The Morgan fingerprint density at radius 1 is 1.26 bits per heavy atom. The van der Waals surface area contributed by atoms with Crippen molar-refractivity contribution in [3.05, 3.63) is 35.4 Å². The minimum atomic E-state index is -0.248. The zero-order valence-corrected chi connectivity index (χ0v) is 14.6. The molecule has 0 aromatic heterocycles. The van der Waals surface area contributed by atoms with E-state index in [0.29, 0.717) is 11.6 Å². The lowest BCUT2D eigenvalue weighted by Crippen LogP contribution is -2.49. The number of aliphatic imine (C=N–C) groups is 1. The molecule has 0 spiro atoms. The van der Waals surface area contributed by atoms with Crippen LogP contribution in [0.5, 0.6) is 0 Å². The van der Waals surface area contributed by atoms with Gasteiger partial charge in [0, 0.05) is 31.7 Å². The molecule has 1 fully saturated rings. The van der Waals surface area contributed by atoms with Crippen molar-refractivity contribution < 1.29 is 9.53 Å². The van der Waals surface area contributed by atoms with E-state index in [1.807, 2.05) is 39.0 Å². The number of benzene rings is 1. The van der Waals surface area contributed by atoms with Gasteiger partial charge in [0.2, 0.25) is 0 Å². The maximum absolute atomic E-state index is 12.4. The summed E-state index contributed by atoms with van der Waals surface area (Å²) in [5, 5.41) is 0. The average Bonchev–Trinajstić information content (AvgIpc) is 2.54. The van der Waals surface area contributed by atoms with Crippen molar-refractivity contribution in [2.24, 2.45) is 4.99 Å². The van der Waals surface area contributed by atoms with Gasteiger partial charge in [-0.1, -0.05) is 24.6 Å². The fourth-order valence-electron chi connectivity index (χ4n) is 2.57. The number of hydrogen-bond donors (Lipinski definition) is 0. The zero-order chi connectivity index (χ0) is 16.8. The van der Waals surface area contributed by atoms with Gasteiger partial charge in [0.05, 0.1) is 6.10 Å². The molecule has 0 N–H and O–H groups in total. The number of rotatable bonds is 3. The highest BCUT2D eigenvalue weighted by molar-refractivity contribution is 6.01. The number of aryl methyl sites for hydroxylation is 1. The summed E-state index contributed by atoms with van der Waals surface area (Å²) in [6, 6.07) is 7.94. The Kier molecular flexibility index (Phi) is 6.16. The van der Waals surface area contributed by atoms with Crippen LogP contribution in [0.25, 0.3) is 0 Å². The van der Waals surface area contributed by atoms with E-state index in [2.05, 4.69) is 21.7 Å². The van der Waals surface area contributed by atoms with Gasteiger partial charge < -0.3 is 14.5 Å². The first-order chi connectivity index (χ1) is 11.0. The highest BCUT2D eigenvalue weighted by Gasteiger charge is 2.22. The molecular weight excluding hydrogens is 290 g/mol. The number of ether oxygens (including phenoxy) is 1. The SMILES string of the molecule is CCN1CCN(C(=NC(=O)c2cccc(C)c2)OC(C)C)CC1. The van der Waals surface area contributed by atoms with Gasteiger partial charge in [-0.3, -0.25) is 4.79 Å². The Labute approximate surface area is 138 Å². The van der Waals surface area contributed by atoms with Crippen molar-refractivity contribution in [3.8, 4) is 0 Å². The molecule has 5 nitrogen and oxygen atoms in total. The van der Waals surface area contributed by atoms with Gasteiger partial charge in [-0.25, -0.2) is 0 Å². The summed E-state index contributed by atoms with van der Waals surface area (Å²) >= 11 is 0. The monoisotopic (exact) mass is 317 g/mol. The van der Waals surface area contributed by atoms with Crippen molar-refractivity contribution in [1.82, 2.24) is 9.80 Å². The van der Waals surface area contributed by atoms with Crippen molar-refractivity contribution in [1.29, 1.82) is 0 Å². The van der Waals surface area contributed by atoms with E-state index in [0.717, 1.165) is 38.3 Å². The molecule has 2 rings (SSSR count). The molecule has 1 aromatic carbocycles. The summed E-state index contributed by atoms with van der Waals surface area (Å²) < 4.78 is 5.82. The summed E-state index contributed by atoms with van der Waals surface area (Å²) in [6.45, 7) is 12.7. The topological polar surface area (TPSA) is 45.1 Å². The van der Waals surface area contributed by atoms with Gasteiger partial charge in [0.25, 0.3) is 11.9 Å². The van der Waals surface area contributed by atoms with Crippen molar-refractivity contribution in [3.63, 3.8) is 0 Å². The molecule has 1 heterocycles. The maximum atomic E-state index is 12.4. The molecule has 1 amide bonds. The summed E-state index contributed by atoms with van der Waals surface area (Å²) in [4.78, 5) is 21.2. The molecular formula is C18H27N3O2. The third-order valence-corrected chi connectivity index (χ3v) is 3.89. The van der Waals surface area contributed by atoms with Crippen LogP contribution >= 0.6 is 0 Å². The minimum absolute atomic E-state index is 0.0109. The van der Waals surface area contributed by atoms with Crippen LogP contribution < -0.4 is 0 Å². The molecule has 0 unspecified atom stereocenters. The molecule has 1 aromatic rings. The zero-order valence-electron chi connectivity index (χ0n) is 14.6. The fraction of sp³-hybridized carbons (Fsp3) is 0.556. The fourth-order valence-corrected chi connectivity index (χ4v) is 2.57. The first kappa shape index (κ1) is 17.5. The van der Waals surface area contributed by atoms with Gasteiger partial charge in [-0.2, -0.15) is 4.99 Å². The van der Waals surface area contributed by atoms with Crippen molar-refractivity contribution in [2.75, 3.05) is 32.7 Å². The van der Waals surface area contributed by atoms with E-state index in [9.17, 15) is 4.79 Å². The number of amides is 1. The highest BCUT2D eigenvalue weighted by atomic mass is 16.5. The Morgan fingerprint density at radius 3 is 2.52 bits per heavy atom. The molecule has 1 saturated heterocycles. The summed E-state index contributed by atoms with van der Waals surface area (Å²) in [5.74, 6) is -0.248. The number of carbonyl (C=O) groups excluding carboxylic acids is 1. The smallest absolute Gasteiger partial charge is 0.295 e. The highest BCUT2D eigenvalue weighted by Crippen LogP contribution is 2.10. The van der Waals surface area contributed by atoms with Crippen LogP contribution in [0.2, 0.25) is 0 Å². The third kappa shape index (κ3) is 5.06. The normalized spacial score (nSPS) is 16.7. The van der Waals surface area contributed by atoms with E-state index in [-0.39, 0.29) is 12.0 Å². The van der Waals surface area contributed by atoms with Crippen LogP contribution in [0, 0.1) is 6.92 Å². The van der Waals surface area contributed by atoms with Crippen LogP contribution in [0.1, 0.15) is 36.7 Å². The van der Waals surface area contributed by atoms with Crippen molar-refractivity contribution >= 4 is 11.9 Å². The van der Waals surface area contributed by atoms with E-state index < -0.39 is 0 Å². The number of likely N-dealkylation sites (N-methyl/N-ethyl adjacent to an activating group) is 1. The van der Waals surface area contributed by atoms with E-state index in [1.165, 1.54) is 0 Å². The second-order valence-electron chi connectivity index (χ2n) is 6.16. The predicted molar refractivity (Wildman–Crippen MR) is 92.9 cm³/mol. The number of carbonyl (C=O) groups is 1. The van der Waals surface area contributed by atoms with Gasteiger partial charge in [0.15, 0.2) is 0 Å². The predicted octanol–water partition coefficient (Wildman–Crippen LogP) is 2.55. The Morgan fingerprint density at radius 2 is 1.96 bits per heavy atom. The Hall–Kier alpha value is -1.88. The molecule has 0 radical (unpaired) electrons. The molecule has 5 heteroatoms. The summed E-state index contributed by atoms with van der Waals surface area (Å²) in [7, 11) is 0. The lowest BCUT2D eigenvalue weighted by molar-refractivity contribution is 0.0976. The van der Waals surface area contributed by atoms with E-state index in [1.54, 1.807) is 6.07 Å². The average molecular weight is 317 g/mol. The number of hydrogen-bond acceptors (Lipinski definition) is 3. The third-order valence-electron chi connectivity index (χ3n) is 3.89. The Balaban J connectivity index is 2.15. The molecule has 0 aliphatic carbocycles. The Bertz CT molecular complexity index is 561. The van der Waals surface area contributed by atoms with E-state index in [4.69, 9.17) is 4.74 Å². The van der Waals surface area contributed by atoms with Crippen LogP contribution in [0.4, 0.5) is 0 Å². The first-order valence-electron chi connectivity index (χ1n) is 8.33. The molecule has 0 saturated carbocycles. The van der Waals surface area contributed by atoms with Crippen molar-refractivity contribution in [2.45, 2.75) is 33.8 Å². The second kappa shape index (κ2) is 8.11. The quantitative estimate of drug-likeness (QED) is 0.635. The summed E-state index contributed by atoms with van der Waals surface area (Å²) in [5.41, 5.74) is 1.65. The van der Waals surface area contributed by atoms with Crippen LogP contribution in [0.3, 0.4) is 0 Å². The van der Waals surface area contributed by atoms with Gasteiger partial charge >= 0.3 is 0 Å².